The summed E-state index contributed by atoms with van der Waals surface area (Å²) in [5.74, 6) is -4.09. The van der Waals surface area contributed by atoms with Gasteiger partial charge in [0.05, 0.1) is 11.6 Å². The van der Waals surface area contributed by atoms with Gasteiger partial charge in [0, 0.05) is 4.90 Å². The summed E-state index contributed by atoms with van der Waals surface area (Å²) in [5, 5.41) is 12.0. The van der Waals surface area contributed by atoms with Gasteiger partial charge in [-0.05, 0) is 25.0 Å². The number of amides is 1. The molecule has 0 saturated heterocycles. The Morgan fingerprint density at radius 3 is 2.60 bits per heavy atom. The van der Waals surface area contributed by atoms with Gasteiger partial charge in [-0.2, -0.15) is 14.0 Å². The predicted octanol–water partition coefficient (Wildman–Crippen LogP) is 3.50. The van der Waals surface area contributed by atoms with Crippen molar-refractivity contribution in [2.45, 2.75) is 48.3 Å². The summed E-state index contributed by atoms with van der Waals surface area (Å²) in [7, 11) is 0. The van der Waals surface area contributed by atoms with Gasteiger partial charge in [0.25, 0.3) is 11.7 Å². The second kappa shape index (κ2) is 8.81. The number of alkyl halides is 2. The molecular formula is C17H18F2N2O3S. The maximum atomic E-state index is 12.5. The van der Waals surface area contributed by atoms with Crippen LogP contribution in [0.4, 0.5) is 8.78 Å². The van der Waals surface area contributed by atoms with Crippen LogP contribution in [0.1, 0.15) is 42.5 Å². The molecule has 0 atom stereocenters. The van der Waals surface area contributed by atoms with Gasteiger partial charge in [-0.1, -0.05) is 43.2 Å². The molecule has 1 amide bonds. The van der Waals surface area contributed by atoms with Gasteiger partial charge in [0.1, 0.15) is 5.54 Å². The van der Waals surface area contributed by atoms with E-state index in [-0.39, 0.29) is 22.2 Å². The number of carbonyl (C=O) groups excluding carboxylic acids is 2. The van der Waals surface area contributed by atoms with E-state index in [1.807, 2.05) is 0 Å². The molecule has 0 aliphatic heterocycles. The zero-order valence-electron chi connectivity index (χ0n) is 13.5. The molecule has 1 N–H and O–H groups in total. The summed E-state index contributed by atoms with van der Waals surface area (Å²) in [5.41, 5.74) is -0.932. The molecule has 25 heavy (non-hydrogen) atoms. The molecule has 1 aliphatic rings. The summed E-state index contributed by atoms with van der Waals surface area (Å²) in [6, 6.07) is 7.95. The Morgan fingerprint density at radius 2 is 1.96 bits per heavy atom. The minimum atomic E-state index is -2.67. The molecule has 1 fully saturated rings. The number of nitrogens with zero attached hydrogens (tertiary/aromatic N) is 1. The first-order chi connectivity index (χ1) is 12.0. The lowest BCUT2D eigenvalue weighted by Gasteiger charge is -2.31. The van der Waals surface area contributed by atoms with Crippen LogP contribution >= 0.6 is 11.8 Å². The lowest BCUT2D eigenvalue weighted by molar-refractivity contribution is -0.125. The van der Waals surface area contributed by atoms with Crippen LogP contribution in [0.25, 0.3) is 0 Å². The molecule has 1 aliphatic carbocycles. The first kappa shape index (κ1) is 19.2. The highest BCUT2D eigenvalue weighted by molar-refractivity contribution is 7.99. The topological polar surface area (TPSA) is 79.2 Å². The first-order valence-corrected chi connectivity index (χ1v) is 8.77. The number of hydrogen-bond donors (Lipinski definition) is 1. The Bertz CT molecular complexity index is 670. The Kier molecular flexibility index (Phi) is 6.76. The van der Waals surface area contributed by atoms with Crippen LogP contribution in [-0.4, -0.2) is 29.8 Å². The standard InChI is InChI=1S/C17H18F2N2O3S/c18-16(19)25-13-7-3-2-6-12(13)15(23)24-10-14(22)21-17(11-20)8-4-1-5-9-17/h2-3,6-7,16H,1,4-5,8-10H2,(H,21,22). The van der Waals surface area contributed by atoms with Gasteiger partial charge < -0.3 is 10.1 Å². The molecule has 1 aromatic carbocycles. The Labute approximate surface area is 148 Å². The summed E-state index contributed by atoms with van der Waals surface area (Å²) in [6.45, 7) is -0.560. The molecule has 2 rings (SSSR count). The van der Waals surface area contributed by atoms with Crippen molar-refractivity contribution in [3.8, 4) is 6.07 Å². The van der Waals surface area contributed by atoms with E-state index in [9.17, 15) is 23.6 Å². The summed E-state index contributed by atoms with van der Waals surface area (Å²) in [6.07, 6.45) is 3.86. The quantitative estimate of drug-likeness (QED) is 0.614. The number of esters is 1. The van der Waals surface area contributed by atoms with E-state index in [1.54, 1.807) is 0 Å². The highest BCUT2D eigenvalue weighted by Gasteiger charge is 2.33. The number of halogens is 2. The number of hydrogen-bond acceptors (Lipinski definition) is 5. The molecule has 0 bridgehead atoms. The van der Waals surface area contributed by atoms with Crippen molar-refractivity contribution in [2.75, 3.05) is 6.61 Å². The van der Waals surface area contributed by atoms with Crippen LogP contribution in [0.5, 0.6) is 0 Å². The molecule has 5 nitrogen and oxygen atoms in total. The smallest absolute Gasteiger partial charge is 0.339 e. The molecule has 0 heterocycles. The lowest BCUT2D eigenvalue weighted by atomic mass is 9.83. The normalized spacial score (nSPS) is 16.1. The van der Waals surface area contributed by atoms with Crippen molar-refractivity contribution in [1.82, 2.24) is 5.32 Å². The fourth-order valence-corrected chi connectivity index (χ4v) is 3.39. The monoisotopic (exact) mass is 368 g/mol. The van der Waals surface area contributed by atoms with E-state index in [2.05, 4.69) is 11.4 Å². The van der Waals surface area contributed by atoms with E-state index in [1.165, 1.54) is 24.3 Å². The van der Waals surface area contributed by atoms with Crippen molar-refractivity contribution in [3.63, 3.8) is 0 Å². The summed E-state index contributed by atoms with van der Waals surface area (Å²) < 4.78 is 30.0. The molecule has 0 spiro atoms. The zero-order chi connectivity index (χ0) is 18.3. The number of benzene rings is 1. The Morgan fingerprint density at radius 1 is 1.28 bits per heavy atom. The highest BCUT2D eigenvalue weighted by Crippen LogP contribution is 2.29. The van der Waals surface area contributed by atoms with Gasteiger partial charge in [0.2, 0.25) is 0 Å². The summed E-state index contributed by atoms with van der Waals surface area (Å²) in [4.78, 5) is 24.2. The van der Waals surface area contributed by atoms with Gasteiger partial charge in [0.15, 0.2) is 6.61 Å². The third kappa shape index (κ3) is 5.43. The van der Waals surface area contributed by atoms with Crippen molar-refractivity contribution >= 4 is 23.6 Å². The number of nitriles is 1. The minimum Gasteiger partial charge on any atom is -0.452 e. The van der Waals surface area contributed by atoms with Crippen LogP contribution in [0.15, 0.2) is 29.2 Å². The molecular weight excluding hydrogens is 350 g/mol. The second-order valence-electron chi connectivity index (χ2n) is 5.75. The highest BCUT2D eigenvalue weighted by atomic mass is 32.2. The fourth-order valence-electron chi connectivity index (χ4n) is 2.77. The van der Waals surface area contributed by atoms with E-state index in [0.29, 0.717) is 12.8 Å². The first-order valence-electron chi connectivity index (χ1n) is 7.89. The summed E-state index contributed by atoms with van der Waals surface area (Å²) >= 11 is 0.241. The van der Waals surface area contributed by atoms with Gasteiger partial charge >= 0.3 is 5.97 Å². The fraction of sp³-hybridized carbons (Fsp3) is 0.471. The maximum absolute atomic E-state index is 12.5. The van der Waals surface area contributed by atoms with Crippen LogP contribution in [0, 0.1) is 11.3 Å². The van der Waals surface area contributed by atoms with E-state index in [4.69, 9.17) is 4.74 Å². The van der Waals surface area contributed by atoms with Gasteiger partial charge in [-0.25, -0.2) is 4.79 Å². The number of carbonyl (C=O) groups is 2. The zero-order valence-corrected chi connectivity index (χ0v) is 14.3. The molecule has 0 aromatic heterocycles. The largest absolute Gasteiger partial charge is 0.452 e. The molecule has 8 heteroatoms. The number of rotatable bonds is 6. The Hall–Kier alpha value is -2.14. The van der Waals surface area contributed by atoms with Gasteiger partial charge in [-0.15, -0.1) is 0 Å². The van der Waals surface area contributed by atoms with E-state index >= 15 is 0 Å². The second-order valence-corrected chi connectivity index (χ2v) is 6.79. The van der Waals surface area contributed by atoms with Crippen LogP contribution < -0.4 is 5.32 Å². The van der Waals surface area contributed by atoms with E-state index < -0.39 is 29.8 Å². The minimum absolute atomic E-state index is 0.0201. The average molecular weight is 368 g/mol. The molecule has 134 valence electrons. The molecule has 1 saturated carbocycles. The maximum Gasteiger partial charge on any atom is 0.339 e. The van der Waals surface area contributed by atoms with Crippen molar-refractivity contribution in [3.05, 3.63) is 29.8 Å². The average Bonchev–Trinajstić information content (AvgIpc) is 2.60. The lowest BCUT2D eigenvalue weighted by Crippen LogP contribution is -2.50. The number of thioether (sulfide) groups is 1. The molecule has 0 unspecified atom stereocenters. The van der Waals surface area contributed by atoms with Crippen molar-refractivity contribution < 1.29 is 23.1 Å². The van der Waals surface area contributed by atoms with Gasteiger partial charge in [-0.3, -0.25) is 4.79 Å². The Balaban J connectivity index is 1.94. The van der Waals surface area contributed by atoms with Crippen LogP contribution in [0.3, 0.4) is 0 Å². The number of ether oxygens (including phenoxy) is 1. The SMILES string of the molecule is N#CC1(NC(=O)COC(=O)c2ccccc2SC(F)F)CCCCC1. The van der Waals surface area contributed by atoms with Crippen molar-refractivity contribution in [1.29, 1.82) is 5.26 Å². The van der Waals surface area contributed by atoms with E-state index in [0.717, 1.165) is 19.3 Å². The van der Waals surface area contributed by atoms with Crippen LogP contribution in [-0.2, 0) is 9.53 Å². The van der Waals surface area contributed by atoms with Crippen LogP contribution in [0.2, 0.25) is 0 Å². The number of nitrogens with one attached hydrogen (secondary N) is 1. The predicted molar refractivity (Wildman–Crippen MR) is 88.2 cm³/mol. The molecule has 0 radical (unpaired) electrons. The molecule has 1 aromatic rings. The third-order valence-electron chi connectivity index (χ3n) is 3.96. The third-order valence-corrected chi connectivity index (χ3v) is 4.75. The van der Waals surface area contributed by atoms with Crippen molar-refractivity contribution in [2.24, 2.45) is 0 Å².